The molecule has 86 heavy (non-hydrogen) atoms. The highest BCUT2D eigenvalue weighted by molar-refractivity contribution is 8.00. The summed E-state index contributed by atoms with van der Waals surface area (Å²) < 4.78 is 50.0. The van der Waals surface area contributed by atoms with E-state index in [0.717, 1.165) is 78.4 Å². The Labute approximate surface area is 511 Å². The lowest BCUT2D eigenvalue weighted by Gasteiger charge is -2.21. The van der Waals surface area contributed by atoms with Crippen LogP contribution in [0, 0.1) is 0 Å². The molecular weight excluding hydrogens is 1110 g/mol. The SMILES string of the molecule is C.C=C(C)Oc1cccc2ccc(C(C)C)nc12.C=S(C)(=O)N(C)c1ccc2ncc(C(C)C)cc2c1.CC(=O)COc1cccc2ccc(C(C)C)nc12.CC(C)c1ccc2cccc(NS(C)(=O)=O)c2n1.CC(C)c1cnc2ccccc2c1. The average molecular weight is 1200 g/mol. The smallest absolute Gasteiger partial charge is 0.229 e. The summed E-state index contributed by atoms with van der Waals surface area (Å²) >= 11 is 0. The van der Waals surface area contributed by atoms with Crippen LogP contribution < -0.4 is 18.5 Å². The number of Topliss-reactive ketones (excluding diaryl/α,β-unsaturated/α-hetero) is 1. The van der Waals surface area contributed by atoms with Crippen molar-refractivity contribution in [2.45, 2.75) is 120 Å². The van der Waals surface area contributed by atoms with Gasteiger partial charge in [0.25, 0.3) is 0 Å². The summed E-state index contributed by atoms with van der Waals surface area (Å²) in [6.45, 7) is 28.5. The predicted octanol–water partition coefficient (Wildman–Crippen LogP) is 17.4. The van der Waals surface area contributed by atoms with E-state index in [1.165, 1.54) is 23.4 Å². The summed E-state index contributed by atoms with van der Waals surface area (Å²) in [7, 11) is -3.73. The summed E-state index contributed by atoms with van der Waals surface area (Å²) in [6, 6.07) is 47.8. The molecule has 0 aliphatic carbocycles. The third-order valence-corrected chi connectivity index (χ3v) is 15.5. The van der Waals surface area contributed by atoms with Crippen LogP contribution in [-0.2, 0) is 24.5 Å². The minimum Gasteiger partial charge on any atom is -0.484 e. The molecule has 0 aliphatic heterocycles. The maximum Gasteiger partial charge on any atom is 0.229 e. The van der Waals surface area contributed by atoms with Crippen molar-refractivity contribution >= 4 is 97.3 Å². The highest BCUT2D eigenvalue weighted by atomic mass is 32.2. The summed E-state index contributed by atoms with van der Waals surface area (Å²) in [5, 5.41) is 5.34. The lowest BCUT2D eigenvalue weighted by atomic mass is 10.0. The number of sulfonamides is 1. The van der Waals surface area contributed by atoms with Gasteiger partial charge in [0.15, 0.2) is 11.5 Å². The minimum absolute atomic E-state index is 0. The molecule has 1 N–H and O–H groups in total. The number of ether oxygens (including phenoxy) is 2. The second-order valence-corrected chi connectivity index (χ2v) is 27.0. The summed E-state index contributed by atoms with van der Waals surface area (Å²) in [6.07, 6.45) is 6.66. The Balaban J connectivity index is 0.000000196. The normalized spacial score (nSPS) is 11.8. The molecule has 0 saturated carbocycles. The molecular formula is C71H87N7O6S2. The van der Waals surface area contributed by atoms with Gasteiger partial charge in [-0.3, -0.25) is 24.5 Å². The number of hydrogen-bond acceptors (Lipinski definition) is 11. The van der Waals surface area contributed by atoms with E-state index >= 15 is 0 Å². The highest BCUT2D eigenvalue weighted by Gasteiger charge is 2.13. The zero-order valence-electron chi connectivity index (χ0n) is 52.0. The molecule has 5 aromatic heterocycles. The first-order valence-electron chi connectivity index (χ1n) is 28.5. The van der Waals surface area contributed by atoms with E-state index in [4.69, 9.17) is 9.47 Å². The molecule has 10 rings (SSSR count). The van der Waals surface area contributed by atoms with E-state index in [-0.39, 0.29) is 19.8 Å². The first-order valence-corrected chi connectivity index (χ1v) is 32.5. The largest absolute Gasteiger partial charge is 0.484 e. The van der Waals surface area contributed by atoms with Gasteiger partial charge in [0.1, 0.15) is 23.4 Å². The molecule has 454 valence electrons. The summed E-state index contributed by atoms with van der Waals surface area (Å²) in [4.78, 5) is 33.7. The lowest BCUT2D eigenvalue weighted by Crippen LogP contribution is -2.24. The van der Waals surface area contributed by atoms with Crippen molar-refractivity contribution in [1.29, 1.82) is 0 Å². The second kappa shape index (κ2) is 30.7. The average Bonchev–Trinajstić information content (AvgIpc) is 2.82. The lowest BCUT2D eigenvalue weighted by molar-refractivity contribution is -0.118. The number of nitrogens with one attached hydrogen (secondary N) is 1. The number of para-hydroxylation sites is 4. The fraction of sp³-hybridized carbons (Fsp3) is 0.310. The van der Waals surface area contributed by atoms with Gasteiger partial charge in [-0.2, -0.15) is 0 Å². The standard InChI is InChI=1S/C15H20N2OS.C15H17NO2.C15H17NO.C13H16N2O2S.C12H13N.CH4/c1-11(2)13-8-12-9-14(17(3)19(4,5)18)6-7-15(12)16-10-13;1-10(2)13-8-7-12-5-4-6-14(15(12)16-13)18-9-11(3)17;1-10(2)13-9-8-12-6-5-7-14(15(12)16-13)17-11(3)4;1-9(2)11-8-7-10-5-4-6-12(13(10)14-11)15-18(3,16)17;1-9(2)11-7-10-5-3-4-6-12(10)13-8-11;/h6-11H,4H2,1-3,5H3;4-8,10H,9H2,1-3H3;5-10H,3H2,1-2,4H3;4-9,15H,1-3H3;3-9H,1-2H3;1H4. The van der Waals surface area contributed by atoms with Gasteiger partial charge in [0, 0.05) is 85.1 Å². The number of carbonyl (C=O) groups excluding carboxylic acids is 1. The molecule has 0 spiro atoms. The Hall–Kier alpha value is -8.27. The number of aromatic nitrogens is 5. The topological polar surface area (TPSA) is 166 Å². The van der Waals surface area contributed by atoms with Crippen LogP contribution in [0.3, 0.4) is 0 Å². The molecule has 0 radical (unpaired) electrons. The molecule has 0 amide bonds. The molecule has 0 bridgehead atoms. The van der Waals surface area contributed by atoms with Crippen LogP contribution in [0.5, 0.6) is 11.5 Å². The van der Waals surface area contributed by atoms with Crippen LogP contribution in [0.25, 0.3) is 54.5 Å². The number of ketones is 1. The Morgan fingerprint density at radius 1 is 0.535 bits per heavy atom. The summed E-state index contributed by atoms with van der Waals surface area (Å²) in [5.74, 6) is 7.93. The van der Waals surface area contributed by atoms with Crippen LogP contribution in [-0.4, -0.2) is 75.4 Å². The highest BCUT2D eigenvalue weighted by Crippen LogP contribution is 2.30. The van der Waals surface area contributed by atoms with Gasteiger partial charge in [-0.15, -0.1) is 0 Å². The van der Waals surface area contributed by atoms with Gasteiger partial charge >= 0.3 is 0 Å². The first-order chi connectivity index (χ1) is 40.1. The van der Waals surface area contributed by atoms with Crippen molar-refractivity contribution in [1.82, 2.24) is 24.9 Å². The van der Waals surface area contributed by atoms with Crippen LogP contribution in [0.15, 0.2) is 170 Å². The number of pyridine rings is 5. The molecule has 15 heteroatoms. The molecule has 1 unspecified atom stereocenters. The van der Waals surface area contributed by atoms with E-state index in [2.05, 4.69) is 142 Å². The third-order valence-electron chi connectivity index (χ3n) is 13.5. The van der Waals surface area contributed by atoms with Gasteiger partial charge in [-0.1, -0.05) is 156 Å². The summed E-state index contributed by atoms with van der Waals surface area (Å²) in [5.41, 5.74) is 11.4. The van der Waals surface area contributed by atoms with Crippen molar-refractivity contribution < 1.29 is 26.9 Å². The second-order valence-electron chi connectivity index (χ2n) is 22.7. The van der Waals surface area contributed by atoms with Gasteiger partial charge < -0.3 is 13.8 Å². The first kappa shape index (κ1) is 68.5. The molecule has 0 saturated heterocycles. The van der Waals surface area contributed by atoms with E-state index in [0.29, 0.717) is 52.3 Å². The molecule has 10 aromatic rings. The molecule has 5 heterocycles. The third kappa shape index (κ3) is 19.6. The Kier molecular flexibility index (Phi) is 24.5. The number of anilines is 2. The quantitative estimate of drug-likeness (QED) is 0.0813. The number of benzene rings is 5. The maximum atomic E-state index is 12.0. The maximum absolute atomic E-state index is 12.0. The van der Waals surface area contributed by atoms with Crippen molar-refractivity contribution in [3.8, 4) is 11.5 Å². The number of nitrogens with zero attached hydrogens (tertiary/aromatic N) is 6. The van der Waals surface area contributed by atoms with Crippen molar-refractivity contribution in [3.63, 3.8) is 0 Å². The van der Waals surface area contributed by atoms with E-state index in [9.17, 15) is 17.4 Å². The van der Waals surface area contributed by atoms with Gasteiger partial charge in [0.2, 0.25) is 10.0 Å². The number of allylic oxidation sites excluding steroid dienone is 1. The number of fused-ring (bicyclic) bond motifs is 5. The Morgan fingerprint density at radius 3 is 1.45 bits per heavy atom. The van der Waals surface area contributed by atoms with Crippen LogP contribution in [0.1, 0.15) is 148 Å². The van der Waals surface area contributed by atoms with Crippen molar-refractivity contribution in [2.24, 2.45) is 0 Å². The van der Waals surface area contributed by atoms with Crippen LogP contribution >= 0.6 is 0 Å². The van der Waals surface area contributed by atoms with Gasteiger partial charge in [0.05, 0.1) is 34.3 Å². The van der Waals surface area contributed by atoms with Gasteiger partial charge in [-0.05, 0) is 133 Å². The van der Waals surface area contributed by atoms with Crippen molar-refractivity contribution in [3.05, 3.63) is 199 Å². The van der Waals surface area contributed by atoms with Gasteiger partial charge in [-0.25, -0.2) is 22.6 Å². The zero-order valence-corrected chi connectivity index (χ0v) is 53.6. The molecule has 0 fully saturated rings. The van der Waals surface area contributed by atoms with Crippen LogP contribution in [0.2, 0.25) is 0 Å². The Morgan fingerprint density at radius 2 is 0.977 bits per heavy atom. The monoisotopic (exact) mass is 1200 g/mol. The van der Waals surface area contributed by atoms with E-state index < -0.39 is 19.7 Å². The Bertz CT molecular complexity index is 4180. The number of carbonyl (C=O) groups is 1. The fourth-order valence-electron chi connectivity index (χ4n) is 8.52. The predicted molar refractivity (Wildman–Crippen MR) is 366 cm³/mol. The van der Waals surface area contributed by atoms with E-state index in [1.54, 1.807) is 23.7 Å². The fourth-order valence-corrected chi connectivity index (χ4v) is 9.64. The minimum atomic E-state index is -3.29. The number of rotatable bonds is 14. The molecule has 5 aromatic carbocycles. The number of hydrogen-bond donors (Lipinski definition) is 1. The van der Waals surface area contributed by atoms with Crippen LogP contribution in [0.4, 0.5) is 11.4 Å². The molecule has 1 atom stereocenters. The zero-order chi connectivity index (χ0) is 62.3. The van der Waals surface area contributed by atoms with Crippen molar-refractivity contribution in [2.75, 3.05) is 35.2 Å². The molecule has 13 nitrogen and oxygen atoms in total. The van der Waals surface area contributed by atoms with E-state index in [1.807, 2.05) is 129 Å². The molecule has 0 aliphatic rings.